The van der Waals surface area contributed by atoms with E-state index in [4.69, 9.17) is 67.5 Å². The highest BCUT2D eigenvalue weighted by Gasteiger charge is 2.13. The number of fused-ring (bicyclic) bond motifs is 1. The molecule has 0 aliphatic carbocycles. The first-order valence-electron chi connectivity index (χ1n) is 11.0. The molecular formula is C27H15Cl4N3O3S. The van der Waals surface area contributed by atoms with E-state index in [1.807, 2.05) is 6.07 Å². The van der Waals surface area contributed by atoms with Crippen molar-refractivity contribution < 1.29 is 13.6 Å². The molecule has 2 N–H and O–H groups in total. The highest BCUT2D eigenvalue weighted by molar-refractivity contribution is 7.80. The summed E-state index contributed by atoms with van der Waals surface area (Å²) in [4.78, 5) is 16.8. The van der Waals surface area contributed by atoms with Crippen molar-refractivity contribution in [3.05, 3.63) is 98.7 Å². The predicted molar refractivity (Wildman–Crippen MR) is 157 cm³/mol. The number of thiocarbonyl (C=S) groups is 1. The number of rotatable bonds is 5. The van der Waals surface area contributed by atoms with Crippen molar-refractivity contribution in [1.82, 2.24) is 10.3 Å². The van der Waals surface area contributed by atoms with Crippen LogP contribution in [0.1, 0.15) is 5.76 Å². The second kappa shape index (κ2) is 11.2. The molecule has 0 saturated heterocycles. The van der Waals surface area contributed by atoms with Crippen LogP contribution in [0.5, 0.6) is 0 Å². The molecule has 0 saturated carbocycles. The molecule has 5 rings (SSSR count). The van der Waals surface area contributed by atoms with E-state index in [1.165, 1.54) is 12.2 Å². The van der Waals surface area contributed by atoms with Crippen LogP contribution in [0, 0.1) is 0 Å². The Bertz CT molecular complexity index is 1730. The zero-order valence-corrected chi connectivity index (χ0v) is 22.9. The summed E-state index contributed by atoms with van der Waals surface area (Å²) < 4.78 is 11.6. The van der Waals surface area contributed by atoms with Gasteiger partial charge in [-0.25, -0.2) is 4.98 Å². The van der Waals surface area contributed by atoms with Gasteiger partial charge in [-0.1, -0.05) is 52.5 Å². The largest absolute Gasteiger partial charge is 0.457 e. The first-order chi connectivity index (χ1) is 18.2. The van der Waals surface area contributed by atoms with Crippen molar-refractivity contribution in [2.24, 2.45) is 0 Å². The summed E-state index contributed by atoms with van der Waals surface area (Å²) in [6.07, 6.45) is 2.83. The van der Waals surface area contributed by atoms with Crippen LogP contribution in [-0.2, 0) is 4.79 Å². The van der Waals surface area contributed by atoms with Gasteiger partial charge in [0.15, 0.2) is 10.7 Å². The highest BCUT2D eigenvalue weighted by atomic mass is 35.5. The van der Waals surface area contributed by atoms with Crippen LogP contribution in [-0.4, -0.2) is 16.0 Å². The number of halogens is 4. The van der Waals surface area contributed by atoms with Gasteiger partial charge in [0.05, 0.1) is 10.0 Å². The van der Waals surface area contributed by atoms with Crippen LogP contribution < -0.4 is 10.6 Å². The minimum absolute atomic E-state index is 0.109. The second-order valence-electron chi connectivity index (χ2n) is 7.94. The lowest BCUT2D eigenvalue weighted by Gasteiger charge is -2.08. The zero-order chi connectivity index (χ0) is 26.8. The van der Waals surface area contributed by atoms with E-state index in [-0.39, 0.29) is 5.11 Å². The molecule has 0 bridgehead atoms. The number of benzene rings is 3. The van der Waals surface area contributed by atoms with E-state index < -0.39 is 5.91 Å². The fraction of sp³-hybridized carbons (Fsp3) is 0. The van der Waals surface area contributed by atoms with Crippen molar-refractivity contribution in [2.45, 2.75) is 0 Å². The maximum Gasteiger partial charge on any atom is 0.250 e. The SMILES string of the molecule is O=C(/C=C/c1ccc(-c2ccc(Cl)cc2Cl)o1)NC(=S)Nc1cccc(-c2nc3cc(Cl)cc(Cl)c3o2)c1. The van der Waals surface area contributed by atoms with Gasteiger partial charge in [-0.3, -0.25) is 10.1 Å². The standard InChI is InChI=1S/C27H15Cl4N3O3S/c28-15-4-7-19(20(30)11-15)23-8-5-18(36-23)6-9-24(35)34-27(38)32-17-3-1-2-14(10-17)26-33-22-13-16(29)12-21(31)25(22)37-26/h1-13H,(H2,32,34,35,38)/b9-6+. The van der Waals surface area contributed by atoms with Gasteiger partial charge in [0.1, 0.15) is 17.0 Å². The van der Waals surface area contributed by atoms with Crippen molar-refractivity contribution in [3.63, 3.8) is 0 Å². The Morgan fingerprint density at radius 2 is 1.71 bits per heavy atom. The number of hydrogen-bond acceptors (Lipinski definition) is 5. The molecule has 0 unspecified atom stereocenters. The lowest BCUT2D eigenvalue weighted by molar-refractivity contribution is -0.115. The third-order valence-corrected chi connectivity index (χ3v) is 6.49. The smallest absolute Gasteiger partial charge is 0.250 e. The number of oxazole rings is 1. The van der Waals surface area contributed by atoms with Gasteiger partial charge < -0.3 is 14.2 Å². The minimum Gasteiger partial charge on any atom is -0.457 e. The van der Waals surface area contributed by atoms with Crippen LogP contribution in [0.4, 0.5) is 5.69 Å². The molecule has 1 amide bonds. The molecule has 11 heteroatoms. The zero-order valence-electron chi connectivity index (χ0n) is 19.1. The van der Waals surface area contributed by atoms with Gasteiger partial charge in [0.2, 0.25) is 11.8 Å². The Labute approximate surface area is 242 Å². The Morgan fingerprint density at radius 1 is 0.895 bits per heavy atom. The number of furan rings is 1. The molecule has 0 aliphatic heterocycles. The lowest BCUT2D eigenvalue weighted by atomic mass is 10.2. The normalized spacial score (nSPS) is 11.3. The van der Waals surface area contributed by atoms with Crippen LogP contribution in [0.3, 0.4) is 0 Å². The lowest BCUT2D eigenvalue weighted by Crippen LogP contribution is -2.32. The molecular weight excluding hydrogens is 588 g/mol. The Balaban J connectivity index is 1.22. The van der Waals surface area contributed by atoms with Gasteiger partial charge in [-0.05, 0) is 79.0 Å². The van der Waals surface area contributed by atoms with E-state index in [1.54, 1.807) is 60.7 Å². The highest BCUT2D eigenvalue weighted by Crippen LogP contribution is 2.33. The Hall–Kier alpha value is -3.33. The summed E-state index contributed by atoms with van der Waals surface area (Å²) >= 11 is 29.7. The van der Waals surface area contributed by atoms with E-state index in [0.717, 1.165) is 0 Å². The molecule has 2 heterocycles. The molecule has 190 valence electrons. The topological polar surface area (TPSA) is 80.3 Å². The average Bonchev–Trinajstić information content (AvgIpc) is 3.50. The third-order valence-electron chi connectivity index (χ3n) is 5.24. The number of aromatic nitrogens is 1. The van der Waals surface area contributed by atoms with Gasteiger partial charge in [-0.2, -0.15) is 0 Å². The maximum absolute atomic E-state index is 12.4. The number of hydrogen-bond donors (Lipinski definition) is 2. The molecule has 0 aliphatic rings. The van der Waals surface area contributed by atoms with Gasteiger partial charge in [-0.15, -0.1) is 0 Å². The number of amides is 1. The second-order valence-corrected chi connectivity index (χ2v) is 10.0. The summed E-state index contributed by atoms with van der Waals surface area (Å²) in [5.74, 6) is 0.940. The number of nitrogens with zero attached hydrogens (tertiary/aromatic N) is 1. The summed E-state index contributed by atoms with van der Waals surface area (Å²) in [6.45, 7) is 0. The summed E-state index contributed by atoms with van der Waals surface area (Å²) in [5.41, 5.74) is 2.99. The quantitative estimate of drug-likeness (QED) is 0.154. The van der Waals surface area contributed by atoms with Crippen LogP contribution in [0.25, 0.3) is 40.0 Å². The minimum atomic E-state index is -0.438. The Morgan fingerprint density at radius 3 is 2.53 bits per heavy atom. The fourth-order valence-electron chi connectivity index (χ4n) is 3.56. The maximum atomic E-state index is 12.4. The molecule has 3 aromatic carbocycles. The van der Waals surface area contributed by atoms with Crippen LogP contribution in [0.15, 0.2) is 81.6 Å². The summed E-state index contributed by atoms with van der Waals surface area (Å²) in [7, 11) is 0. The summed E-state index contributed by atoms with van der Waals surface area (Å²) in [6, 6.07) is 19.0. The number of anilines is 1. The van der Waals surface area contributed by atoms with Crippen molar-refractivity contribution in [2.75, 3.05) is 5.32 Å². The van der Waals surface area contributed by atoms with Gasteiger partial charge in [0, 0.05) is 32.9 Å². The number of carbonyl (C=O) groups is 1. The van der Waals surface area contributed by atoms with Crippen molar-refractivity contribution in [1.29, 1.82) is 0 Å². The monoisotopic (exact) mass is 601 g/mol. The number of carbonyl (C=O) groups excluding carboxylic acids is 1. The average molecular weight is 603 g/mol. The van der Waals surface area contributed by atoms with Gasteiger partial charge in [0.25, 0.3) is 0 Å². The first-order valence-corrected chi connectivity index (χ1v) is 12.9. The van der Waals surface area contributed by atoms with Crippen molar-refractivity contribution >= 4 is 92.5 Å². The predicted octanol–water partition coefficient (Wildman–Crippen LogP) is 8.89. The molecule has 0 fully saturated rings. The molecule has 2 aromatic heterocycles. The van der Waals surface area contributed by atoms with E-state index >= 15 is 0 Å². The van der Waals surface area contributed by atoms with Gasteiger partial charge >= 0.3 is 0 Å². The molecule has 38 heavy (non-hydrogen) atoms. The molecule has 0 radical (unpaired) electrons. The van der Waals surface area contributed by atoms with E-state index in [0.29, 0.717) is 65.4 Å². The molecule has 0 spiro atoms. The van der Waals surface area contributed by atoms with Crippen LogP contribution in [0.2, 0.25) is 20.1 Å². The number of nitrogens with one attached hydrogen (secondary N) is 2. The molecule has 0 atom stereocenters. The molecule has 6 nitrogen and oxygen atoms in total. The third kappa shape index (κ3) is 6.04. The first kappa shape index (κ1) is 26.3. The van der Waals surface area contributed by atoms with E-state index in [9.17, 15) is 4.79 Å². The Kier molecular flexibility index (Phi) is 7.74. The fourth-order valence-corrected chi connectivity index (χ4v) is 4.80. The van der Waals surface area contributed by atoms with Crippen molar-refractivity contribution in [3.8, 4) is 22.8 Å². The van der Waals surface area contributed by atoms with E-state index in [2.05, 4.69) is 15.6 Å². The summed E-state index contributed by atoms with van der Waals surface area (Å²) in [5, 5.41) is 7.50. The molecule has 5 aromatic rings. The van der Waals surface area contributed by atoms with Crippen LogP contribution >= 0.6 is 58.6 Å².